The summed E-state index contributed by atoms with van der Waals surface area (Å²) in [6, 6.07) is 11.9. The Morgan fingerprint density at radius 1 is 1.11 bits per heavy atom. The highest BCUT2D eigenvalue weighted by molar-refractivity contribution is 7.92. The Hall–Kier alpha value is -2.58. The lowest BCUT2D eigenvalue weighted by Crippen LogP contribution is -2.52. The first-order chi connectivity index (χ1) is 16.5. The lowest BCUT2D eigenvalue weighted by molar-refractivity contribution is -0.139. The molecule has 7 nitrogen and oxygen atoms in total. The summed E-state index contributed by atoms with van der Waals surface area (Å²) in [6.07, 6.45) is 5.06. The van der Waals surface area contributed by atoms with Crippen LogP contribution >= 0.6 is 11.6 Å². The Morgan fingerprint density at radius 2 is 1.77 bits per heavy atom. The molecular formula is C26H34ClN3O4S. The molecule has 0 aliphatic heterocycles. The maximum absolute atomic E-state index is 13.7. The number of halogens is 1. The summed E-state index contributed by atoms with van der Waals surface area (Å²) < 4.78 is 26.6. The fourth-order valence-electron chi connectivity index (χ4n) is 4.37. The topological polar surface area (TPSA) is 86.8 Å². The van der Waals surface area contributed by atoms with E-state index < -0.39 is 28.5 Å². The molecule has 1 fully saturated rings. The highest BCUT2D eigenvalue weighted by Crippen LogP contribution is 2.25. The van der Waals surface area contributed by atoms with Crippen molar-refractivity contribution >= 4 is 39.1 Å². The van der Waals surface area contributed by atoms with Gasteiger partial charge < -0.3 is 10.2 Å². The lowest BCUT2D eigenvalue weighted by Gasteiger charge is -2.32. The molecule has 0 heterocycles. The number of aryl methyl sites for hydroxylation is 2. The molecule has 2 amide bonds. The van der Waals surface area contributed by atoms with E-state index in [0.717, 1.165) is 47.4 Å². The minimum atomic E-state index is -3.77. The fraction of sp³-hybridized carbons (Fsp3) is 0.462. The maximum atomic E-state index is 13.7. The predicted molar refractivity (Wildman–Crippen MR) is 140 cm³/mol. The number of nitrogens with one attached hydrogen (secondary N) is 1. The Labute approximate surface area is 213 Å². The van der Waals surface area contributed by atoms with Crippen LogP contribution in [0.25, 0.3) is 0 Å². The molecule has 1 saturated carbocycles. The molecule has 2 aromatic carbocycles. The van der Waals surface area contributed by atoms with Crippen molar-refractivity contribution in [2.45, 2.75) is 65.1 Å². The largest absolute Gasteiger partial charge is 0.352 e. The molecule has 1 aliphatic carbocycles. The van der Waals surface area contributed by atoms with Gasteiger partial charge >= 0.3 is 0 Å². The number of amides is 2. The van der Waals surface area contributed by atoms with Crippen molar-refractivity contribution in [3.05, 3.63) is 64.2 Å². The van der Waals surface area contributed by atoms with Crippen molar-refractivity contribution in [2.24, 2.45) is 0 Å². The first-order valence-corrected chi connectivity index (χ1v) is 14.1. The highest BCUT2D eigenvalue weighted by Gasteiger charge is 2.32. The van der Waals surface area contributed by atoms with Gasteiger partial charge in [-0.25, -0.2) is 8.42 Å². The second kappa shape index (κ2) is 11.4. The maximum Gasteiger partial charge on any atom is 0.244 e. The SMILES string of the molecule is Cc1ccc(C)c(N(CC(=O)N(Cc2ccccc2Cl)[C@H](C)C(=O)NC2CCCC2)S(C)(=O)=O)c1. The summed E-state index contributed by atoms with van der Waals surface area (Å²) in [4.78, 5) is 28.2. The molecule has 1 N–H and O–H groups in total. The smallest absolute Gasteiger partial charge is 0.244 e. The van der Waals surface area contributed by atoms with Crippen LogP contribution in [0.5, 0.6) is 0 Å². The van der Waals surface area contributed by atoms with Gasteiger partial charge in [0.25, 0.3) is 0 Å². The molecule has 190 valence electrons. The van der Waals surface area contributed by atoms with Crippen LogP contribution < -0.4 is 9.62 Å². The van der Waals surface area contributed by atoms with Crippen molar-refractivity contribution in [3.8, 4) is 0 Å². The number of carbonyl (C=O) groups excluding carboxylic acids is 2. The predicted octanol–water partition coefficient (Wildman–Crippen LogP) is 4.20. The number of anilines is 1. The molecule has 0 bridgehead atoms. The summed E-state index contributed by atoms with van der Waals surface area (Å²) in [6.45, 7) is 5.00. The Balaban J connectivity index is 1.92. The Bertz CT molecular complexity index is 1180. The van der Waals surface area contributed by atoms with Crippen molar-refractivity contribution in [3.63, 3.8) is 0 Å². The van der Waals surface area contributed by atoms with Gasteiger partial charge in [-0.05, 0) is 62.4 Å². The number of rotatable bonds is 9. The van der Waals surface area contributed by atoms with Gasteiger partial charge in [-0.1, -0.05) is 54.8 Å². The zero-order valence-corrected chi connectivity index (χ0v) is 22.3. The second-order valence-corrected chi connectivity index (χ2v) is 11.7. The minimum Gasteiger partial charge on any atom is -0.352 e. The first kappa shape index (κ1) is 27.0. The minimum absolute atomic E-state index is 0.0855. The van der Waals surface area contributed by atoms with Crippen molar-refractivity contribution in [1.29, 1.82) is 0 Å². The zero-order valence-electron chi connectivity index (χ0n) is 20.8. The van der Waals surface area contributed by atoms with Crippen LogP contribution in [-0.4, -0.2) is 50.0 Å². The average Bonchev–Trinajstić information content (AvgIpc) is 3.30. The van der Waals surface area contributed by atoms with E-state index in [4.69, 9.17) is 11.6 Å². The third kappa shape index (κ3) is 6.98. The molecule has 3 rings (SSSR count). The van der Waals surface area contributed by atoms with Gasteiger partial charge in [0, 0.05) is 17.6 Å². The Morgan fingerprint density at radius 3 is 2.40 bits per heavy atom. The molecule has 2 aromatic rings. The van der Waals surface area contributed by atoms with E-state index in [-0.39, 0.29) is 18.5 Å². The van der Waals surface area contributed by atoms with Gasteiger partial charge in [0.05, 0.1) is 11.9 Å². The number of nitrogens with zero attached hydrogens (tertiary/aromatic N) is 2. The standard InChI is InChI=1S/C26H34ClN3O4S/c1-18-13-14-19(2)24(15-18)30(35(4,33)34)17-25(31)29(16-21-9-5-8-12-23(21)27)20(3)26(32)28-22-10-6-7-11-22/h5,8-9,12-15,20,22H,6-7,10-11,16-17H2,1-4H3,(H,28,32)/t20-/m1/s1. The van der Waals surface area contributed by atoms with Crippen LogP contribution in [0.15, 0.2) is 42.5 Å². The molecule has 0 spiro atoms. The van der Waals surface area contributed by atoms with Gasteiger partial charge in [-0.2, -0.15) is 0 Å². The van der Waals surface area contributed by atoms with Crippen LogP contribution in [0.3, 0.4) is 0 Å². The fourth-order valence-corrected chi connectivity index (χ4v) is 5.46. The van der Waals surface area contributed by atoms with Crippen LogP contribution in [0.4, 0.5) is 5.69 Å². The monoisotopic (exact) mass is 519 g/mol. The molecule has 0 radical (unpaired) electrons. The third-order valence-corrected chi connectivity index (χ3v) is 7.98. The summed E-state index contributed by atoms with van der Waals surface area (Å²) in [5, 5.41) is 3.52. The number of benzene rings is 2. The van der Waals surface area contributed by atoms with E-state index >= 15 is 0 Å². The van der Waals surface area contributed by atoms with Crippen LogP contribution in [0.1, 0.15) is 49.3 Å². The van der Waals surface area contributed by atoms with Crippen LogP contribution in [0, 0.1) is 13.8 Å². The lowest BCUT2D eigenvalue weighted by atomic mass is 10.1. The first-order valence-electron chi connectivity index (χ1n) is 11.9. The van der Waals surface area contributed by atoms with Gasteiger partial charge in [-0.15, -0.1) is 0 Å². The third-order valence-electron chi connectivity index (χ3n) is 6.48. The van der Waals surface area contributed by atoms with Crippen molar-refractivity contribution in [2.75, 3.05) is 17.1 Å². The summed E-state index contributed by atoms with van der Waals surface area (Å²) in [5.74, 6) is -0.736. The van der Waals surface area contributed by atoms with E-state index in [0.29, 0.717) is 16.3 Å². The molecular weight excluding hydrogens is 486 g/mol. The molecule has 9 heteroatoms. The molecule has 35 heavy (non-hydrogen) atoms. The summed E-state index contributed by atoms with van der Waals surface area (Å²) in [7, 11) is -3.77. The van der Waals surface area contributed by atoms with E-state index in [2.05, 4.69) is 5.32 Å². The van der Waals surface area contributed by atoms with Gasteiger partial charge in [-0.3, -0.25) is 13.9 Å². The van der Waals surface area contributed by atoms with Crippen molar-refractivity contribution in [1.82, 2.24) is 10.2 Å². The van der Waals surface area contributed by atoms with E-state index in [1.165, 1.54) is 4.90 Å². The average molecular weight is 520 g/mol. The zero-order chi connectivity index (χ0) is 25.8. The van der Waals surface area contributed by atoms with Gasteiger partial charge in [0.15, 0.2) is 0 Å². The normalized spacial score (nSPS) is 15.0. The summed E-state index contributed by atoms with van der Waals surface area (Å²) >= 11 is 6.36. The number of hydrogen-bond donors (Lipinski definition) is 1. The Kier molecular flexibility index (Phi) is 8.83. The quantitative estimate of drug-likeness (QED) is 0.538. The van der Waals surface area contributed by atoms with Gasteiger partial charge in [0.2, 0.25) is 21.8 Å². The summed E-state index contributed by atoms with van der Waals surface area (Å²) in [5.41, 5.74) is 2.74. The van der Waals surface area contributed by atoms with E-state index in [9.17, 15) is 18.0 Å². The van der Waals surface area contributed by atoms with Gasteiger partial charge in [0.1, 0.15) is 12.6 Å². The number of carbonyl (C=O) groups is 2. The van der Waals surface area contributed by atoms with Crippen LogP contribution in [0.2, 0.25) is 5.02 Å². The molecule has 1 atom stereocenters. The molecule has 0 saturated heterocycles. The number of hydrogen-bond acceptors (Lipinski definition) is 4. The van der Waals surface area contributed by atoms with Crippen molar-refractivity contribution < 1.29 is 18.0 Å². The van der Waals surface area contributed by atoms with E-state index in [1.54, 1.807) is 38.1 Å². The molecule has 0 aromatic heterocycles. The second-order valence-electron chi connectivity index (χ2n) is 9.34. The molecule has 1 aliphatic rings. The van der Waals surface area contributed by atoms with E-state index in [1.807, 2.05) is 25.1 Å². The molecule has 0 unspecified atom stereocenters. The van der Waals surface area contributed by atoms with Crippen LogP contribution in [-0.2, 0) is 26.2 Å². The highest BCUT2D eigenvalue weighted by atomic mass is 35.5. The number of sulfonamides is 1.